The highest BCUT2D eigenvalue weighted by molar-refractivity contribution is 5.92. The third-order valence-electron chi connectivity index (χ3n) is 3.74. The van der Waals surface area contributed by atoms with Crippen LogP contribution in [-0.4, -0.2) is 28.1 Å². The Labute approximate surface area is 112 Å². The molecule has 1 aromatic heterocycles. The second-order valence-electron chi connectivity index (χ2n) is 5.45. The van der Waals surface area contributed by atoms with Gasteiger partial charge in [0.25, 0.3) is 5.91 Å². The van der Waals surface area contributed by atoms with Crippen LogP contribution in [-0.2, 0) is 0 Å². The van der Waals surface area contributed by atoms with E-state index in [1.165, 1.54) is 12.1 Å². The maximum atomic E-state index is 12.7. The summed E-state index contributed by atoms with van der Waals surface area (Å²) in [4.78, 5) is 15.5. The minimum absolute atomic E-state index is 0.161. The Morgan fingerprint density at radius 2 is 2.21 bits per heavy atom. The Morgan fingerprint density at radius 3 is 2.79 bits per heavy atom. The first-order chi connectivity index (χ1) is 8.98. The Bertz CT molecular complexity index is 439. The summed E-state index contributed by atoms with van der Waals surface area (Å²) in [6.07, 6.45) is 4.35. The van der Waals surface area contributed by atoms with Crippen LogP contribution in [0.15, 0.2) is 18.3 Å². The number of hydrogen-bond donors (Lipinski definition) is 2. The van der Waals surface area contributed by atoms with Crippen molar-refractivity contribution in [3.05, 3.63) is 29.8 Å². The van der Waals surface area contributed by atoms with E-state index in [-0.39, 0.29) is 18.1 Å². The molecule has 4 nitrogen and oxygen atoms in total. The molecule has 0 unspecified atom stereocenters. The van der Waals surface area contributed by atoms with Crippen molar-refractivity contribution in [1.29, 1.82) is 0 Å². The molecule has 0 aliphatic heterocycles. The molecule has 1 aromatic rings. The molecule has 0 atom stereocenters. The van der Waals surface area contributed by atoms with Crippen LogP contribution in [0, 0.1) is 11.7 Å². The van der Waals surface area contributed by atoms with Crippen LogP contribution in [0.3, 0.4) is 0 Å². The largest absolute Gasteiger partial charge is 0.388 e. The van der Waals surface area contributed by atoms with E-state index >= 15 is 0 Å². The molecule has 1 amide bonds. The lowest BCUT2D eigenvalue weighted by atomic mass is 9.79. The van der Waals surface area contributed by atoms with Gasteiger partial charge in [-0.3, -0.25) is 4.79 Å². The molecular weight excluding hydrogens is 247 g/mol. The van der Waals surface area contributed by atoms with Crippen LogP contribution < -0.4 is 5.32 Å². The fourth-order valence-corrected chi connectivity index (χ4v) is 2.32. The number of aliphatic hydroxyl groups is 1. The van der Waals surface area contributed by atoms with Gasteiger partial charge in [-0.15, -0.1) is 0 Å². The number of nitrogens with zero attached hydrogens (tertiary/aromatic N) is 1. The van der Waals surface area contributed by atoms with E-state index in [9.17, 15) is 14.3 Å². The first-order valence-electron chi connectivity index (χ1n) is 6.61. The van der Waals surface area contributed by atoms with Gasteiger partial charge in [0.2, 0.25) is 0 Å². The molecule has 2 N–H and O–H groups in total. The van der Waals surface area contributed by atoms with Crippen molar-refractivity contribution < 1.29 is 14.3 Å². The van der Waals surface area contributed by atoms with Crippen molar-refractivity contribution in [2.45, 2.75) is 38.2 Å². The summed E-state index contributed by atoms with van der Waals surface area (Å²) in [5.41, 5.74) is -0.656. The van der Waals surface area contributed by atoms with Crippen molar-refractivity contribution >= 4 is 5.91 Å². The summed E-state index contributed by atoms with van der Waals surface area (Å²) in [6, 6.07) is 2.52. The Balaban J connectivity index is 1.88. The van der Waals surface area contributed by atoms with Gasteiger partial charge in [0, 0.05) is 6.54 Å². The number of carbonyl (C=O) groups is 1. The smallest absolute Gasteiger partial charge is 0.269 e. The van der Waals surface area contributed by atoms with E-state index in [0.717, 1.165) is 19.0 Å². The summed E-state index contributed by atoms with van der Waals surface area (Å²) < 4.78 is 12.7. The average molecular weight is 266 g/mol. The molecule has 5 heteroatoms. The van der Waals surface area contributed by atoms with E-state index in [1.807, 2.05) is 0 Å². The molecule has 0 aromatic carbocycles. The summed E-state index contributed by atoms with van der Waals surface area (Å²) in [5, 5.41) is 13.0. The number of pyridine rings is 1. The molecule has 1 fully saturated rings. The summed E-state index contributed by atoms with van der Waals surface area (Å²) in [7, 11) is 0. The fourth-order valence-electron chi connectivity index (χ4n) is 2.32. The Hall–Kier alpha value is -1.49. The third-order valence-corrected chi connectivity index (χ3v) is 3.74. The molecule has 1 heterocycles. The van der Waals surface area contributed by atoms with Gasteiger partial charge in [-0.25, -0.2) is 9.37 Å². The van der Waals surface area contributed by atoms with E-state index in [4.69, 9.17) is 0 Å². The van der Waals surface area contributed by atoms with Crippen LogP contribution >= 0.6 is 0 Å². The van der Waals surface area contributed by atoms with E-state index in [2.05, 4.69) is 17.2 Å². The Morgan fingerprint density at radius 1 is 1.53 bits per heavy atom. The molecule has 0 radical (unpaired) electrons. The van der Waals surface area contributed by atoms with Crippen molar-refractivity contribution in [3.8, 4) is 0 Å². The lowest BCUT2D eigenvalue weighted by Gasteiger charge is -2.34. The molecule has 1 aliphatic carbocycles. The normalized spacial score (nSPS) is 27.0. The first kappa shape index (κ1) is 13.9. The topological polar surface area (TPSA) is 62.2 Å². The van der Waals surface area contributed by atoms with Crippen LogP contribution in [0.25, 0.3) is 0 Å². The monoisotopic (exact) mass is 266 g/mol. The maximum Gasteiger partial charge on any atom is 0.269 e. The zero-order valence-electron chi connectivity index (χ0n) is 11.0. The maximum absolute atomic E-state index is 12.7. The highest BCUT2D eigenvalue weighted by Gasteiger charge is 2.32. The molecule has 1 saturated carbocycles. The quantitative estimate of drug-likeness (QED) is 0.878. The van der Waals surface area contributed by atoms with Crippen LogP contribution in [0.5, 0.6) is 0 Å². The highest BCUT2D eigenvalue weighted by atomic mass is 19.1. The zero-order chi connectivity index (χ0) is 13.9. The van der Waals surface area contributed by atoms with Gasteiger partial charge in [0.15, 0.2) is 0 Å². The second kappa shape index (κ2) is 5.65. The number of amides is 1. The molecular formula is C14H19FN2O2. The number of aromatic nitrogens is 1. The molecule has 19 heavy (non-hydrogen) atoms. The molecule has 104 valence electrons. The van der Waals surface area contributed by atoms with Crippen LogP contribution in [0.1, 0.15) is 43.1 Å². The average Bonchev–Trinajstić information content (AvgIpc) is 2.41. The van der Waals surface area contributed by atoms with E-state index in [0.29, 0.717) is 18.8 Å². The second-order valence-corrected chi connectivity index (χ2v) is 5.45. The summed E-state index contributed by atoms with van der Waals surface area (Å²) >= 11 is 0. The Kier molecular flexibility index (Phi) is 4.14. The van der Waals surface area contributed by atoms with Gasteiger partial charge >= 0.3 is 0 Å². The molecule has 2 rings (SSSR count). The predicted molar refractivity (Wildman–Crippen MR) is 69.1 cm³/mol. The molecule has 0 spiro atoms. The van der Waals surface area contributed by atoms with Crippen LogP contribution in [0.4, 0.5) is 4.39 Å². The lowest BCUT2D eigenvalue weighted by molar-refractivity contribution is -0.00543. The molecule has 1 aliphatic rings. The zero-order valence-corrected chi connectivity index (χ0v) is 11.0. The van der Waals surface area contributed by atoms with Gasteiger partial charge in [0.1, 0.15) is 11.5 Å². The van der Waals surface area contributed by atoms with Crippen molar-refractivity contribution in [3.63, 3.8) is 0 Å². The first-order valence-corrected chi connectivity index (χ1v) is 6.61. The van der Waals surface area contributed by atoms with Gasteiger partial charge < -0.3 is 10.4 Å². The van der Waals surface area contributed by atoms with Crippen molar-refractivity contribution in [2.24, 2.45) is 5.92 Å². The van der Waals surface area contributed by atoms with Crippen molar-refractivity contribution in [1.82, 2.24) is 10.3 Å². The van der Waals surface area contributed by atoms with Crippen molar-refractivity contribution in [2.75, 3.05) is 6.54 Å². The SMILES string of the molecule is CC1CCC(O)(CNC(=O)c2ccc(F)cn2)CC1. The molecule has 0 bridgehead atoms. The number of rotatable bonds is 3. The summed E-state index contributed by atoms with van der Waals surface area (Å²) in [5.74, 6) is -0.224. The number of nitrogens with one attached hydrogen (secondary N) is 1. The van der Waals surface area contributed by atoms with Crippen LogP contribution in [0.2, 0.25) is 0 Å². The summed E-state index contributed by atoms with van der Waals surface area (Å²) in [6.45, 7) is 2.39. The third kappa shape index (κ3) is 3.73. The predicted octanol–water partition coefficient (Wildman–Crippen LogP) is 1.89. The van der Waals surface area contributed by atoms with Gasteiger partial charge in [-0.05, 0) is 43.7 Å². The minimum atomic E-state index is -0.817. The number of hydrogen-bond acceptors (Lipinski definition) is 3. The fraction of sp³-hybridized carbons (Fsp3) is 0.571. The molecule has 0 saturated heterocycles. The lowest BCUT2D eigenvalue weighted by Crippen LogP contribution is -2.45. The van der Waals surface area contributed by atoms with Gasteiger partial charge in [-0.1, -0.05) is 6.92 Å². The van der Waals surface area contributed by atoms with Gasteiger partial charge in [-0.2, -0.15) is 0 Å². The van der Waals surface area contributed by atoms with Gasteiger partial charge in [0.05, 0.1) is 11.8 Å². The number of halogens is 1. The number of carbonyl (C=O) groups excluding carboxylic acids is 1. The van der Waals surface area contributed by atoms with E-state index < -0.39 is 11.4 Å². The van der Waals surface area contributed by atoms with E-state index in [1.54, 1.807) is 0 Å². The standard InChI is InChI=1S/C14H19FN2O2/c1-10-4-6-14(19,7-5-10)9-17-13(18)12-3-2-11(15)8-16-12/h2-3,8,10,19H,4-7,9H2,1H3,(H,17,18). The highest BCUT2D eigenvalue weighted by Crippen LogP contribution is 2.31. The minimum Gasteiger partial charge on any atom is -0.388 e.